The van der Waals surface area contributed by atoms with E-state index < -0.39 is 11.8 Å². The normalized spacial score (nSPS) is 10.1. The maximum Gasteiger partial charge on any atom is 0.338 e. The van der Waals surface area contributed by atoms with Crippen LogP contribution in [0.25, 0.3) is 0 Å². The highest BCUT2D eigenvalue weighted by atomic mass is 79.9. The number of carbonyl (C=O) groups is 1. The fraction of sp³-hybridized carbons (Fsp3) is 0.222. The van der Waals surface area contributed by atoms with Crippen LogP contribution in [0.3, 0.4) is 0 Å². The minimum atomic E-state index is -1.24. The molecular formula is C9H8BrFO2. The number of benzene rings is 1. The summed E-state index contributed by atoms with van der Waals surface area (Å²) in [5, 5.41) is 8.65. The quantitative estimate of drug-likeness (QED) is 0.872. The van der Waals surface area contributed by atoms with E-state index in [1.54, 1.807) is 13.0 Å². The molecule has 0 fully saturated rings. The first-order valence-corrected chi connectivity index (χ1v) is 4.56. The van der Waals surface area contributed by atoms with Gasteiger partial charge in [-0.1, -0.05) is 22.9 Å². The molecule has 0 aromatic heterocycles. The van der Waals surface area contributed by atoms with Crippen LogP contribution < -0.4 is 0 Å². The van der Waals surface area contributed by atoms with Crippen LogP contribution in [-0.4, -0.2) is 11.1 Å². The summed E-state index contributed by atoms with van der Waals surface area (Å²) in [6.45, 7) is 1.77. The van der Waals surface area contributed by atoms with Gasteiger partial charge in [0.15, 0.2) is 0 Å². The van der Waals surface area contributed by atoms with Crippen molar-refractivity contribution in [3.63, 3.8) is 0 Å². The first kappa shape index (κ1) is 10.2. The van der Waals surface area contributed by atoms with Gasteiger partial charge in [0.05, 0.1) is 5.56 Å². The molecule has 0 aliphatic rings. The Kier molecular flexibility index (Phi) is 3.03. The summed E-state index contributed by atoms with van der Waals surface area (Å²) in [4.78, 5) is 10.6. The third kappa shape index (κ3) is 2.06. The number of hydrogen-bond acceptors (Lipinski definition) is 1. The number of carboxylic acids is 1. The monoisotopic (exact) mass is 246 g/mol. The average Bonchev–Trinajstić information content (AvgIpc) is 2.08. The molecule has 0 bridgehead atoms. The van der Waals surface area contributed by atoms with E-state index in [9.17, 15) is 9.18 Å². The van der Waals surface area contributed by atoms with Crippen molar-refractivity contribution in [1.82, 2.24) is 0 Å². The molecule has 2 nitrogen and oxygen atoms in total. The van der Waals surface area contributed by atoms with Gasteiger partial charge >= 0.3 is 5.97 Å². The number of carboxylic acid groups (broad SMARTS) is 1. The Hall–Kier alpha value is -0.900. The largest absolute Gasteiger partial charge is 0.478 e. The minimum Gasteiger partial charge on any atom is -0.478 e. The second-order valence-corrected chi connectivity index (χ2v) is 3.50. The zero-order valence-electron chi connectivity index (χ0n) is 6.97. The fourth-order valence-electron chi connectivity index (χ4n) is 1.06. The lowest BCUT2D eigenvalue weighted by molar-refractivity contribution is 0.0691. The molecule has 0 heterocycles. The zero-order valence-corrected chi connectivity index (χ0v) is 8.56. The molecule has 0 aliphatic heterocycles. The van der Waals surface area contributed by atoms with Gasteiger partial charge in [0.2, 0.25) is 0 Å². The van der Waals surface area contributed by atoms with Crippen molar-refractivity contribution in [2.24, 2.45) is 0 Å². The molecule has 0 amide bonds. The number of aromatic carboxylic acids is 1. The van der Waals surface area contributed by atoms with Crippen LogP contribution in [0.1, 0.15) is 22.8 Å². The van der Waals surface area contributed by atoms with Crippen LogP contribution in [0.2, 0.25) is 0 Å². The van der Waals surface area contributed by atoms with Crippen molar-refractivity contribution in [3.05, 3.63) is 33.5 Å². The molecule has 13 heavy (non-hydrogen) atoms. The maximum absolute atomic E-state index is 13.3. The fourth-order valence-corrected chi connectivity index (χ4v) is 1.56. The van der Waals surface area contributed by atoms with Crippen LogP contribution >= 0.6 is 15.9 Å². The molecule has 0 saturated carbocycles. The highest BCUT2D eigenvalue weighted by Gasteiger charge is 2.14. The first-order valence-electron chi connectivity index (χ1n) is 3.77. The highest BCUT2D eigenvalue weighted by molar-refractivity contribution is 9.10. The predicted molar refractivity (Wildman–Crippen MR) is 50.4 cm³/mol. The SMILES string of the molecule is CCc1cc(Br)cc(C(=O)O)c1F. The van der Waals surface area contributed by atoms with Crippen molar-refractivity contribution in [2.75, 3.05) is 0 Å². The molecular weight excluding hydrogens is 239 g/mol. The molecule has 1 aromatic rings. The minimum absolute atomic E-state index is 0.286. The lowest BCUT2D eigenvalue weighted by Gasteiger charge is -2.04. The molecule has 0 unspecified atom stereocenters. The van der Waals surface area contributed by atoms with Crippen molar-refractivity contribution in [2.45, 2.75) is 13.3 Å². The molecule has 0 radical (unpaired) electrons. The average molecular weight is 247 g/mol. The summed E-state index contributed by atoms with van der Waals surface area (Å²) in [5.74, 6) is -1.88. The second kappa shape index (κ2) is 3.87. The maximum atomic E-state index is 13.3. The summed E-state index contributed by atoms with van der Waals surface area (Å²) in [7, 11) is 0. The molecule has 0 atom stereocenters. The van der Waals surface area contributed by atoms with Gasteiger partial charge in [-0.3, -0.25) is 0 Å². The number of hydrogen-bond donors (Lipinski definition) is 1. The molecule has 70 valence electrons. The Morgan fingerprint density at radius 2 is 2.23 bits per heavy atom. The van der Waals surface area contributed by atoms with Crippen LogP contribution in [0, 0.1) is 5.82 Å². The highest BCUT2D eigenvalue weighted by Crippen LogP contribution is 2.20. The smallest absolute Gasteiger partial charge is 0.338 e. The summed E-state index contributed by atoms with van der Waals surface area (Å²) < 4.78 is 13.9. The van der Waals surface area contributed by atoms with Crippen molar-refractivity contribution < 1.29 is 14.3 Å². The van der Waals surface area contributed by atoms with E-state index in [0.717, 1.165) is 0 Å². The molecule has 0 spiro atoms. The summed E-state index contributed by atoms with van der Waals surface area (Å²) in [5.41, 5.74) is 0.123. The van der Waals surface area contributed by atoms with E-state index in [0.29, 0.717) is 16.5 Å². The van der Waals surface area contributed by atoms with E-state index in [1.807, 2.05) is 0 Å². The molecule has 1 aromatic carbocycles. The molecule has 0 aliphatic carbocycles. The van der Waals surface area contributed by atoms with Gasteiger partial charge in [-0.15, -0.1) is 0 Å². The Morgan fingerprint density at radius 3 is 2.69 bits per heavy atom. The number of aryl methyl sites for hydroxylation is 1. The standard InChI is InChI=1S/C9H8BrFO2/c1-2-5-3-6(10)4-7(8(5)11)9(12)13/h3-4H,2H2,1H3,(H,12,13). The van der Waals surface area contributed by atoms with Gasteiger partial charge < -0.3 is 5.11 Å². The van der Waals surface area contributed by atoms with Gasteiger partial charge in [-0.2, -0.15) is 0 Å². The van der Waals surface area contributed by atoms with E-state index >= 15 is 0 Å². The van der Waals surface area contributed by atoms with Crippen molar-refractivity contribution in [3.8, 4) is 0 Å². The van der Waals surface area contributed by atoms with Crippen LogP contribution in [-0.2, 0) is 6.42 Å². The van der Waals surface area contributed by atoms with Gasteiger partial charge in [-0.25, -0.2) is 9.18 Å². The summed E-state index contributed by atoms with van der Waals surface area (Å²) in [6.07, 6.45) is 0.478. The third-order valence-electron chi connectivity index (χ3n) is 1.72. The second-order valence-electron chi connectivity index (χ2n) is 2.59. The molecule has 1 N–H and O–H groups in total. The first-order chi connectivity index (χ1) is 6.06. The Bertz CT molecular complexity index is 350. The van der Waals surface area contributed by atoms with Crippen LogP contribution in [0.15, 0.2) is 16.6 Å². The topological polar surface area (TPSA) is 37.3 Å². The van der Waals surface area contributed by atoms with Crippen molar-refractivity contribution in [1.29, 1.82) is 0 Å². The lowest BCUT2D eigenvalue weighted by Crippen LogP contribution is -2.03. The van der Waals surface area contributed by atoms with E-state index in [4.69, 9.17) is 5.11 Å². The van der Waals surface area contributed by atoms with Gasteiger partial charge in [0.1, 0.15) is 5.82 Å². The predicted octanol–water partition coefficient (Wildman–Crippen LogP) is 2.85. The Morgan fingerprint density at radius 1 is 1.62 bits per heavy atom. The van der Waals surface area contributed by atoms with E-state index in [2.05, 4.69) is 15.9 Å². The van der Waals surface area contributed by atoms with Crippen LogP contribution in [0.4, 0.5) is 4.39 Å². The number of halogens is 2. The Labute approximate surface area is 83.5 Å². The van der Waals surface area contributed by atoms with Gasteiger partial charge in [-0.05, 0) is 24.1 Å². The molecule has 0 saturated heterocycles. The van der Waals surface area contributed by atoms with Crippen molar-refractivity contribution >= 4 is 21.9 Å². The summed E-state index contributed by atoms with van der Waals surface area (Å²) in [6, 6.07) is 2.85. The van der Waals surface area contributed by atoms with Gasteiger partial charge in [0.25, 0.3) is 0 Å². The van der Waals surface area contributed by atoms with Gasteiger partial charge in [0, 0.05) is 4.47 Å². The van der Waals surface area contributed by atoms with E-state index in [-0.39, 0.29) is 5.56 Å². The molecule has 4 heteroatoms. The molecule has 1 rings (SSSR count). The van der Waals surface area contributed by atoms with E-state index in [1.165, 1.54) is 6.07 Å². The summed E-state index contributed by atoms with van der Waals surface area (Å²) >= 11 is 3.13. The third-order valence-corrected chi connectivity index (χ3v) is 2.18. The zero-order chi connectivity index (χ0) is 10.0. The lowest BCUT2D eigenvalue weighted by atomic mass is 10.1. The van der Waals surface area contributed by atoms with Crippen LogP contribution in [0.5, 0.6) is 0 Å². The number of rotatable bonds is 2. The Balaban J connectivity index is 3.35.